The minimum absolute atomic E-state index is 0.0410. The molecule has 0 radical (unpaired) electrons. The fraction of sp³-hybridized carbons (Fsp3) is 0.438. The van der Waals surface area contributed by atoms with Crippen LogP contribution in [0.1, 0.15) is 36.0 Å². The van der Waals surface area contributed by atoms with Crippen molar-refractivity contribution in [1.82, 2.24) is 9.80 Å². The normalized spacial score (nSPS) is 14.2. The summed E-state index contributed by atoms with van der Waals surface area (Å²) in [6, 6.07) is 0.802. The summed E-state index contributed by atoms with van der Waals surface area (Å²) < 4.78 is 4.96. The summed E-state index contributed by atoms with van der Waals surface area (Å²) >= 11 is 1.21. The van der Waals surface area contributed by atoms with Gasteiger partial charge in [0.25, 0.3) is 0 Å². The van der Waals surface area contributed by atoms with Crippen LogP contribution < -0.4 is 5.32 Å². The summed E-state index contributed by atoms with van der Waals surface area (Å²) in [5.41, 5.74) is 0.215. The average molecular weight is 381 g/mol. The first-order chi connectivity index (χ1) is 12.3. The maximum absolute atomic E-state index is 12.3. The molecule has 1 aromatic heterocycles. The average Bonchev–Trinajstić information content (AvgIpc) is 3.10. The van der Waals surface area contributed by atoms with Gasteiger partial charge in [0.15, 0.2) is 0 Å². The number of anilines is 1. The van der Waals surface area contributed by atoms with Crippen LogP contribution in [0.25, 0.3) is 0 Å². The second-order valence-corrected chi connectivity index (χ2v) is 6.44. The number of hydrogen-bond acceptors (Lipinski definition) is 7. The number of esters is 1. The third-order valence-electron chi connectivity index (χ3n) is 3.63. The van der Waals surface area contributed by atoms with Crippen molar-refractivity contribution in [3.05, 3.63) is 16.5 Å². The van der Waals surface area contributed by atoms with Crippen molar-refractivity contribution in [2.75, 3.05) is 25.0 Å². The van der Waals surface area contributed by atoms with Gasteiger partial charge >= 0.3 is 23.8 Å². The highest BCUT2D eigenvalue weighted by Crippen LogP contribution is 2.29. The van der Waals surface area contributed by atoms with E-state index in [1.165, 1.54) is 11.3 Å². The molecule has 0 bridgehead atoms. The van der Waals surface area contributed by atoms with Gasteiger partial charge in [-0.1, -0.05) is 6.92 Å². The second kappa shape index (κ2) is 8.09. The van der Waals surface area contributed by atoms with Gasteiger partial charge < -0.3 is 10.1 Å². The quantitative estimate of drug-likeness (QED) is 0.432. The molecule has 0 atom stereocenters. The molecule has 1 saturated heterocycles. The number of ether oxygens (including phenoxy) is 1. The lowest BCUT2D eigenvalue weighted by Crippen LogP contribution is -2.39. The molecule has 2 rings (SSSR count). The number of carbonyl (C=O) groups excluding carboxylic acids is 5. The van der Waals surface area contributed by atoms with Gasteiger partial charge in [-0.05, 0) is 26.3 Å². The lowest BCUT2D eigenvalue weighted by atomic mass is 10.2. The van der Waals surface area contributed by atoms with E-state index in [-0.39, 0.29) is 23.7 Å². The molecule has 0 saturated carbocycles. The number of thiophene rings is 1. The molecule has 0 unspecified atom stereocenters. The van der Waals surface area contributed by atoms with E-state index in [1.54, 1.807) is 19.9 Å². The third-order valence-corrected chi connectivity index (χ3v) is 4.83. The predicted octanol–water partition coefficient (Wildman–Crippen LogP) is 1.24. The Hall–Kier alpha value is -2.75. The van der Waals surface area contributed by atoms with E-state index in [0.717, 1.165) is 9.78 Å². The number of amides is 5. The summed E-state index contributed by atoms with van der Waals surface area (Å²) in [5, 5.41) is 2.80. The first-order valence-corrected chi connectivity index (χ1v) is 8.92. The minimum atomic E-state index is -1.04. The Balaban J connectivity index is 2.14. The monoisotopic (exact) mass is 381 g/mol. The van der Waals surface area contributed by atoms with E-state index in [9.17, 15) is 24.0 Å². The molecular weight excluding hydrogens is 362 g/mol. The van der Waals surface area contributed by atoms with Crippen LogP contribution in [0.4, 0.5) is 9.80 Å². The van der Waals surface area contributed by atoms with Gasteiger partial charge in [0.05, 0.1) is 12.2 Å². The highest BCUT2D eigenvalue weighted by Gasteiger charge is 2.44. The Labute approximate surface area is 153 Å². The van der Waals surface area contributed by atoms with Crippen LogP contribution in [0.3, 0.4) is 0 Å². The lowest BCUT2D eigenvalue weighted by molar-refractivity contribution is -0.143. The molecule has 1 aliphatic heterocycles. The van der Waals surface area contributed by atoms with Gasteiger partial charge in [-0.2, -0.15) is 0 Å². The summed E-state index contributed by atoms with van der Waals surface area (Å²) in [4.78, 5) is 62.0. The molecular formula is C16H19N3O6S. The Morgan fingerprint density at radius 1 is 1.12 bits per heavy atom. The molecule has 9 nitrogen and oxygen atoms in total. The lowest BCUT2D eigenvalue weighted by Gasteiger charge is -2.13. The SMILES string of the molecule is CCOC(=O)c1cc(CC)sc1NC(=O)CN1C(=O)C(=O)N(CC)C1=O. The Morgan fingerprint density at radius 2 is 1.77 bits per heavy atom. The van der Waals surface area contributed by atoms with Crippen molar-refractivity contribution in [2.24, 2.45) is 0 Å². The number of imide groups is 2. The fourth-order valence-corrected chi connectivity index (χ4v) is 3.35. The van der Waals surface area contributed by atoms with E-state index in [2.05, 4.69) is 5.32 Å². The first-order valence-electron chi connectivity index (χ1n) is 8.10. The molecule has 1 fully saturated rings. The van der Waals surface area contributed by atoms with Crippen LogP contribution in [-0.4, -0.2) is 59.2 Å². The molecule has 0 aliphatic carbocycles. The Bertz CT molecular complexity index is 772. The summed E-state index contributed by atoms with van der Waals surface area (Å²) in [5.74, 6) is -3.26. The molecule has 26 heavy (non-hydrogen) atoms. The maximum atomic E-state index is 12.3. The topological polar surface area (TPSA) is 113 Å². The standard InChI is InChI=1S/C16H19N3O6S/c1-4-9-7-10(15(23)25-6-3)12(26-9)17-11(20)8-19-14(22)13(21)18(5-2)16(19)24/h7H,4-6,8H2,1-3H3,(H,17,20). The van der Waals surface area contributed by atoms with Gasteiger partial charge in [0, 0.05) is 11.4 Å². The molecule has 140 valence electrons. The van der Waals surface area contributed by atoms with Crippen molar-refractivity contribution < 1.29 is 28.7 Å². The summed E-state index contributed by atoms with van der Waals surface area (Å²) in [6.45, 7) is 4.75. The third kappa shape index (κ3) is 3.74. The molecule has 10 heteroatoms. The number of hydrogen-bond donors (Lipinski definition) is 1. The number of likely N-dealkylation sites (N-methyl/N-ethyl adjacent to an activating group) is 1. The highest BCUT2D eigenvalue weighted by atomic mass is 32.1. The summed E-state index contributed by atoms with van der Waals surface area (Å²) in [7, 11) is 0. The molecule has 0 spiro atoms. The molecule has 1 N–H and O–H groups in total. The predicted molar refractivity (Wildman–Crippen MR) is 92.8 cm³/mol. The van der Waals surface area contributed by atoms with Crippen LogP contribution >= 0.6 is 11.3 Å². The first kappa shape index (κ1) is 19.6. The number of nitrogens with zero attached hydrogens (tertiary/aromatic N) is 2. The van der Waals surface area contributed by atoms with Gasteiger partial charge in [-0.25, -0.2) is 14.5 Å². The Morgan fingerprint density at radius 3 is 2.31 bits per heavy atom. The zero-order valence-electron chi connectivity index (χ0n) is 14.7. The summed E-state index contributed by atoms with van der Waals surface area (Å²) in [6.07, 6.45) is 0.663. The van der Waals surface area contributed by atoms with Crippen molar-refractivity contribution in [1.29, 1.82) is 0 Å². The van der Waals surface area contributed by atoms with Crippen LogP contribution in [0, 0.1) is 0 Å². The number of nitrogens with one attached hydrogen (secondary N) is 1. The zero-order chi connectivity index (χ0) is 19.4. The number of carbonyl (C=O) groups is 5. The van der Waals surface area contributed by atoms with Gasteiger partial charge in [-0.3, -0.25) is 19.3 Å². The fourth-order valence-electron chi connectivity index (χ4n) is 2.35. The van der Waals surface area contributed by atoms with E-state index in [1.807, 2.05) is 6.92 Å². The maximum Gasteiger partial charge on any atom is 0.341 e. The van der Waals surface area contributed by atoms with Crippen molar-refractivity contribution >= 4 is 46.1 Å². The van der Waals surface area contributed by atoms with Crippen LogP contribution in [0.2, 0.25) is 0 Å². The molecule has 2 heterocycles. The van der Waals surface area contributed by atoms with Crippen molar-refractivity contribution in [3.8, 4) is 0 Å². The van der Waals surface area contributed by atoms with E-state index in [4.69, 9.17) is 4.74 Å². The second-order valence-electron chi connectivity index (χ2n) is 5.30. The van der Waals surface area contributed by atoms with Gasteiger partial charge in [0.2, 0.25) is 5.91 Å². The van der Waals surface area contributed by atoms with Crippen LogP contribution in [0.15, 0.2) is 6.07 Å². The number of rotatable bonds is 7. The van der Waals surface area contributed by atoms with Gasteiger partial charge in [0.1, 0.15) is 11.5 Å². The smallest absolute Gasteiger partial charge is 0.341 e. The highest BCUT2D eigenvalue weighted by molar-refractivity contribution is 7.16. The molecule has 0 aromatic carbocycles. The van der Waals surface area contributed by atoms with Gasteiger partial charge in [-0.15, -0.1) is 11.3 Å². The van der Waals surface area contributed by atoms with Crippen molar-refractivity contribution in [2.45, 2.75) is 27.2 Å². The van der Waals surface area contributed by atoms with Crippen molar-refractivity contribution in [3.63, 3.8) is 0 Å². The van der Waals surface area contributed by atoms with E-state index in [0.29, 0.717) is 11.3 Å². The number of aryl methyl sites for hydroxylation is 1. The molecule has 1 aromatic rings. The van der Waals surface area contributed by atoms with Crippen LogP contribution in [0.5, 0.6) is 0 Å². The van der Waals surface area contributed by atoms with E-state index < -0.39 is 36.3 Å². The Kier molecular flexibility index (Phi) is 6.09. The zero-order valence-corrected chi connectivity index (χ0v) is 15.5. The largest absolute Gasteiger partial charge is 0.462 e. The molecule has 5 amide bonds. The minimum Gasteiger partial charge on any atom is -0.462 e. The van der Waals surface area contributed by atoms with E-state index >= 15 is 0 Å². The molecule has 1 aliphatic rings. The number of urea groups is 1. The van der Waals surface area contributed by atoms with Crippen LogP contribution in [-0.2, 0) is 25.5 Å².